The van der Waals surface area contributed by atoms with Gasteiger partial charge in [-0.3, -0.25) is 4.79 Å². The standard InChI is InChI=1S/C10H20N4O2/c1-7(11)9(15)14-4-2-3-8(6-14)5-13-10(12)16/h7-8H,2-6,11H2,1H3,(H3,12,13,16)/t7-,8?/m1/s1. The maximum atomic E-state index is 11.7. The van der Waals surface area contributed by atoms with E-state index in [4.69, 9.17) is 11.5 Å². The first-order chi connectivity index (χ1) is 7.50. The maximum absolute atomic E-state index is 11.7. The van der Waals surface area contributed by atoms with Crippen molar-refractivity contribution in [1.29, 1.82) is 0 Å². The molecule has 0 spiro atoms. The van der Waals surface area contributed by atoms with Crippen molar-refractivity contribution in [2.24, 2.45) is 17.4 Å². The molecule has 0 bridgehead atoms. The van der Waals surface area contributed by atoms with Crippen LogP contribution in [0, 0.1) is 5.92 Å². The second kappa shape index (κ2) is 5.69. The monoisotopic (exact) mass is 228 g/mol. The van der Waals surface area contributed by atoms with Gasteiger partial charge in [-0.25, -0.2) is 4.79 Å². The zero-order valence-corrected chi connectivity index (χ0v) is 9.61. The lowest BCUT2D eigenvalue weighted by Crippen LogP contribution is -2.49. The number of primary amides is 1. The molecule has 0 aromatic carbocycles. The quantitative estimate of drug-likeness (QED) is 0.591. The second-order valence-electron chi connectivity index (χ2n) is 4.33. The molecule has 1 fully saturated rings. The highest BCUT2D eigenvalue weighted by molar-refractivity contribution is 5.81. The molecule has 1 rings (SSSR count). The largest absolute Gasteiger partial charge is 0.352 e. The number of nitrogens with one attached hydrogen (secondary N) is 1. The van der Waals surface area contributed by atoms with Gasteiger partial charge < -0.3 is 21.7 Å². The lowest BCUT2D eigenvalue weighted by atomic mass is 9.97. The summed E-state index contributed by atoms with van der Waals surface area (Å²) in [5, 5.41) is 2.57. The van der Waals surface area contributed by atoms with Gasteiger partial charge >= 0.3 is 6.03 Å². The zero-order valence-electron chi connectivity index (χ0n) is 9.61. The molecule has 0 radical (unpaired) electrons. The van der Waals surface area contributed by atoms with Crippen molar-refractivity contribution in [3.05, 3.63) is 0 Å². The Morgan fingerprint density at radius 3 is 2.81 bits per heavy atom. The number of carbonyl (C=O) groups is 2. The maximum Gasteiger partial charge on any atom is 0.312 e. The fourth-order valence-electron chi connectivity index (χ4n) is 1.96. The summed E-state index contributed by atoms with van der Waals surface area (Å²) in [6.45, 7) is 3.62. The van der Waals surface area contributed by atoms with Gasteiger partial charge in [0.15, 0.2) is 0 Å². The van der Waals surface area contributed by atoms with E-state index >= 15 is 0 Å². The van der Waals surface area contributed by atoms with Crippen molar-refractivity contribution in [3.8, 4) is 0 Å². The van der Waals surface area contributed by atoms with Crippen LogP contribution < -0.4 is 16.8 Å². The van der Waals surface area contributed by atoms with Gasteiger partial charge in [0.2, 0.25) is 5.91 Å². The average molecular weight is 228 g/mol. The van der Waals surface area contributed by atoms with Crippen LogP contribution in [0.15, 0.2) is 0 Å². The summed E-state index contributed by atoms with van der Waals surface area (Å²) in [4.78, 5) is 24.0. The van der Waals surface area contributed by atoms with E-state index < -0.39 is 12.1 Å². The Labute approximate surface area is 95.3 Å². The van der Waals surface area contributed by atoms with Gasteiger partial charge in [-0.2, -0.15) is 0 Å². The average Bonchev–Trinajstić information content (AvgIpc) is 2.25. The van der Waals surface area contributed by atoms with E-state index in [-0.39, 0.29) is 11.8 Å². The first-order valence-corrected chi connectivity index (χ1v) is 5.58. The summed E-state index contributed by atoms with van der Waals surface area (Å²) in [5.41, 5.74) is 10.6. The van der Waals surface area contributed by atoms with Crippen molar-refractivity contribution in [2.45, 2.75) is 25.8 Å². The Balaban J connectivity index is 2.41. The van der Waals surface area contributed by atoms with Gasteiger partial charge in [-0.1, -0.05) is 0 Å². The molecule has 6 nitrogen and oxygen atoms in total. The molecular formula is C10H20N4O2. The minimum atomic E-state index is -0.518. The summed E-state index contributed by atoms with van der Waals surface area (Å²) in [6, 6.07) is -0.974. The van der Waals surface area contributed by atoms with Gasteiger partial charge in [0.05, 0.1) is 6.04 Å². The van der Waals surface area contributed by atoms with E-state index in [1.165, 1.54) is 0 Å². The van der Waals surface area contributed by atoms with E-state index in [0.717, 1.165) is 19.4 Å². The third-order valence-electron chi connectivity index (χ3n) is 2.79. The Hall–Kier alpha value is -1.30. The molecule has 1 unspecified atom stereocenters. The van der Waals surface area contributed by atoms with Crippen LogP contribution in [0.4, 0.5) is 4.79 Å². The number of rotatable bonds is 3. The summed E-state index contributed by atoms with van der Waals surface area (Å²) in [5.74, 6) is 0.257. The molecular weight excluding hydrogens is 208 g/mol. The van der Waals surface area contributed by atoms with Crippen LogP contribution in [0.1, 0.15) is 19.8 Å². The number of nitrogens with zero attached hydrogens (tertiary/aromatic N) is 1. The lowest BCUT2D eigenvalue weighted by molar-refractivity contribution is -0.133. The van der Waals surface area contributed by atoms with Crippen LogP contribution in [0.2, 0.25) is 0 Å². The van der Waals surface area contributed by atoms with Gasteiger partial charge in [0.1, 0.15) is 0 Å². The topological polar surface area (TPSA) is 101 Å². The predicted octanol–water partition coefficient (Wildman–Crippen LogP) is -0.759. The number of amides is 3. The number of likely N-dealkylation sites (tertiary alicyclic amines) is 1. The highest BCUT2D eigenvalue weighted by Crippen LogP contribution is 2.16. The van der Waals surface area contributed by atoms with Crippen molar-refractivity contribution in [3.63, 3.8) is 0 Å². The molecule has 0 aliphatic carbocycles. The fourth-order valence-corrected chi connectivity index (χ4v) is 1.96. The Morgan fingerprint density at radius 1 is 1.56 bits per heavy atom. The van der Waals surface area contributed by atoms with E-state index in [1.807, 2.05) is 0 Å². The molecule has 1 saturated heterocycles. The molecule has 1 aliphatic rings. The molecule has 1 aliphatic heterocycles. The smallest absolute Gasteiger partial charge is 0.312 e. The van der Waals surface area contributed by atoms with Crippen LogP contribution in [-0.2, 0) is 4.79 Å². The van der Waals surface area contributed by atoms with Crippen LogP contribution >= 0.6 is 0 Å². The van der Waals surface area contributed by atoms with Crippen LogP contribution in [0.5, 0.6) is 0 Å². The van der Waals surface area contributed by atoms with Gasteiger partial charge in [0.25, 0.3) is 0 Å². The third-order valence-corrected chi connectivity index (χ3v) is 2.79. The van der Waals surface area contributed by atoms with Crippen LogP contribution in [0.25, 0.3) is 0 Å². The summed E-state index contributed by atoms with van der Waals surface area (Å²) >= 11 is 0. The minimum absolute atomic E-state index is 0.0243. The number of urea groups is 1. The number of nitrogens with two attached hydrogens (primary N) is 2. The highest BCUT2D eigenvalue weighted by atomic mass is 16.2. The van der Waals surface area contributed by atoms with Crippen molar-refractivity contribution < 1.29 is 9.59 Å². The van der Waals surface area contributed by atoms with Crippen LogP contribution in [-0.4, -0.2) is 42.5 Å². The third kappa shape index (κ3) is 3.69. The molecule has 0 saturated carbocycles. The Morgan fingerprint density at radius 2 is 2.25 bits per heavy atom. The summed E-state index contributed by atoms with van der Waals surface area (Å²) in [7, 11) is 0. The molecule has 92 valence electrons. The molecule has 5 N–H and O–H groups in total. The molecule has 0 aromatic heterocycles. The van der Waals surface area contributed by atoms with Gasteiger partial charge in [-0.15, -0.1) is 0 Å². The van der Waals surface area contributed by atoms with Crippen molar-refractivity contribution >= 4 is 11.9 Å². The highest BCUT2D eigenvalue weighted by Gasteiger charge is 2.25. The number of hydrogen-bond donors (Lipinski definition) is 3. The fraction of sp³-hybridized carbons (Fsp3) is 0.800. The van der Waals surface area contributed by atoms with E-state index in [2.05, 4.69) is 5.32 Å². The summed E-state index contributed by atoms with van der Waals surface area (Å²) in [6.07, 6.45) is 1.95. The Kier molecular flexibility index (Phi) is 4.54. The molecule has 0 aromatic rings. The normalized spacial score (nSPS) is 22.6. The van der Waals surface area contributed by atoms with Crippen LogP contribution in [0.3, 0.4) is 0 Å². The number of carbonyl (C=O) groups excluding carboxylic acids is 2. The SMILES string of the molecule is C[C@@H](N)C(=O)N1CCCC(CNC(N)=O)C1. The van der Waals surface area contributed by atoms with Gasteiger partial charge in [0, 0.05) is 19.6 Å². The zero-order chi connectivity index (χ0) is 12.1. The van der Waals surface area contributed by atoms with E-state index in [0.29, 0.717) is 13.1 Å². The summed E-state index contributed by atoms with van der Waals surface area (Å²) < 4.78 is 0. The molecule has 16 heavy (non-hydrogen) atoms. The first-order valence-electron chi connectivity index (χ1n) is 5.58. The van der Waals surface area contributed by atoms with Crippen molar-refractivity contribution in [1.82, 2.24) is 10.2 Å². The molecule has 3 amide bonds. The molecule has 6 heteroatoms. The first kappa shape index (κ1) is 12.8. The van der Waals surface area contributed by atoms with Gasteiger partial charge in [-0.05, 0) is 25.7 Å². The number of hydrogen-bond acceptors (Lipinski definition) is 3. The Bertz CT molecular complexity index is 268. The van der Waals surface area contributed by atoms with Crippen molar-refractivity contribution in [2.75, 3.05) is 19.6 Å². The molecule has 2 atom stereocenters. The molecule has 1 heterocycles. The number of piperidine rings is 1. The minimum Gasteiger partial charge on any atom is -0.352 e. The van der Waals surface area contributed by atoms with E-state index in [1.54, 1.807) is 11.8 Å². The lowest BCUT2D eigenvalue weighted by Gasteiger charge is -2.33. The second-order valence-corrected chi connectivity index (χ2v) is 4.33. The predicted molar refractivity (Wildman–Crippen MR) is 60.5 cm³/mol. The van der Waals surface area contributed by atoms with E-state index in [9.17, 15) is 9.59 Å².